The molecule has 0 unspecified atom stereocenters. The van der Waals surface area contributed by atoms with Gasteiger partial charge in [-0.15, -0.1) is 0 Å². The van der Waals surface area contributed by atoms with Crippen molar-refractivity contribution in [2.75, 3.05) is 0 Å². The molecule has 0 radical (unpaired) electrons. The SMILES string of the molecule is Cc1nc(-c2cccnc2)[nH]c(=O)c1CCC(=O)NC1CCCCC1. The van der Waals surface area contributed by atoms with Gasteiger partial charge in [0.05, 0.1) is 0 Å². The third-order valence-electron chi connectivity index (χ3n) is 4.73. The number of hydrogen-bond donors (Lipinski definition) is 2. The Morgan fingerprint density at radius 3 is 2.80 bits per heavy atom. The van der Waals surface area contributed by atoms with E-state index in [9.17, 15) is 9.59 Å². The van der Waals surface area contributed by atoms with Crippen LogP contribution in [0.5, 0.6) is 0 Å². The third-order valence-corrected chi connectivity index (χ3v) is 4.73. The lowest BCUT2D eigenvalue weighted by molar-refractivity contribution is -0.121. The Morgan fingerprint density at radius 1 is 1.32 bits per heavy atom. The first kappa shape index (κ1) is 17.3. The van der Waals surface area contributed by atoms with Crippen molar-refractivity contribution < 1.29 is 4.79 Å². The molecular formula is C19H24N4O2. The lowest BCUT2D eigenvalue weighted by atomic mass is 9.95. The standard InChI is InChI=1S/C19H24N4O2/c1-13-16(9-10-17(24)22-15-7-3-2-4-8-15)19(25)23-18(21-13)14-6-5-11-20-12-14/h5-6,11-12,15H,2-4,7-10H2,1H3,(H,22,24)(H,21,23,25). The monoisotopic (exact) mass is 340 g/mol. The van der Waals surface area contributed by atoms with E-state index in [0.29, 0.717) is 36.0 Å². The van der Waals surface area contributed by atoms with Crippen molar-refractivity contribution in [2.24, 2.45) is 0 Å². The molecule has 0 atom stereocenters. The fraction of sp³-hybridized carbons (Fsp3) is 0.474. The largest absolute Gasteiger partial charge is 0.353 e. The van der Waals surface area contributed by atoms with Gasteiger partial charge < -0.3 is 10.3 Å². The summed E-state index contributed by atoms with van der Waals surface area (Å²) in [6, 6.07) is 3.95. The molecule has 0 aromatic carbocycles. The number of carbonyl (C=O) groups is 1. The van der Waals surface area contributed by atoms with Crippen molar-refractivity contribution in [3.8, 4) is 11.4 Å². The van der Waals surface area contributed by atoms with Crippen molar-refractivity contribution in [1.82, 2.24) is 20.3 Å². The Balaban J connectivity index is 1.64. The number of carbonyl (C=O) groups excluding carboxylic acids is 1. The number of nitrogens with zero attached hydrogens (tertiary/aromatic N) is 2. The molecule has 25 heavy (non-hydrogen) atoms. The summed E-state index contributed by atoms with van der Waals surface area (Å²) < 4.78 is 0. The molecule has 132 valence electrons. The highest BCUT2D eigenvalue weighted by atomic mass is 16.1. The Morgan fingerprint density at radius 2 is 2.12 bits per heavy atom. The highest BCUT2D eigenvalue weighted by molar-refractivity contribution is 5.76. The van der Waals surface area contributed by atoms with Crippen LogP contribution >= 0.6 is 0 Å². The summed E-state index contributed by atoms with van der Waals surface area (Å²) in [7, 11) is 0. The summed E-state index contributed by atoms with van der Waals surface area (Å²) >= 11 is 0. The minimum absolute atomic E-state index is 0.0158. The van der Waals surface area contributed by atoms with Crippen LogP contribution in [0.2, 0.25) is 0 Å². The molecule has 2 aromatic heterocycles. The van der Waals surface area contributed by atoms with E-state index in [2.05, 4.69) is 20.3 Å². The number of H-pyrrole nitrogens is 1. The molecule has 1 fully saturated rings. The van der Waals surface area contributed by atoms with Gasteiger partial charge in [-0.2, -0.15) is 0 Å². The van der Waals surface area contributed by atoms with Gasteiger partial charge in [-0.25, -0.2) is 4.98 Å². The molecule has 1 saturated carbocycles. The maximum atomic E-state index is 12.4. The first-order chi connectivity index (χ1) is 12.1. The van der Waals surface area contributed by atoms with Gasteiger partial charge in [0.2, 0.25) is 5.91 Å². The number of pyridine rings is 1. The second-order valence-electron chi connectivity index (χ2n) is 6.62. The molecule has 1 amide bonds. The Bertz CT molecular complexity index is 780. The summed E-state index contributed by atoms with van der Waals surface area (Å²) in [4.78, 5) is 35.8. The van der Waals surface area contributed by atoms with E-state index >= 15 is 0 Å². The van der Waals surface area contributed by atoms with Crippen LogP contribution in [0.4, 0.5) is 0 Å². The number of aryl methyl sites for hydroxylation is 1. The van der Waals surface area contributed by atoms with Crippen molar-refractivity contribution in [2.45, 2.75) is 57.9 Å². The smallest absolute Gasteiger partial charge is 0.254 e. The molecule has 0 saturated heterocycles. The molecule has 2 aromatic rings. The molecular weight excluding hydrogens is 316 g/mol. The Hall–Kier alpha value is -2.50. The van der Waals surface area contributed by atoms with Gasteiger partial charge in [-0.05, 0) is 38.3 Å². The third kappa shape index (κ3) is 4.53. The zero-order chi connectivity index (χ0) is 17.6. The predicted molar refractivity (Wildman–Crippen MR) is 96.2 cm³/mol. The maximum absolute atomic E-state index is 12.4. The van der Waals surface area contributed by atoms with E-state index in [1.165, 1.54) is 19.3 Å². The summed E-state index contributed by atoms with van der Waals surface area (Å²) in [5.74, 6) is 0.521. The maximum Gasteiger partial charge on any atom is 0.254 e. The number of aromatic amines is 1. The van der Waals surface area contributed by atoms with Crippen molar-refractivity contribution >= 4 is 5.91 Å². The summed E-state index contributed by atoms with van der Waals surface area (Å²) in [6.07, 6.45) is 9.80. The number of amides is 1. The quantitative estimate of drug-likeness (QED) is 0.875. The van der Waals surface area contributed by atoms with E-state index in [-0.39, 0.29) is 11.5 Å². The predicted octanol–water partition coefficient (Wildman–Crippen LogP) is 2.52. The molecule has 0 spiro atoms. The van der Waals surface area contributed by atoms with Gasteiger partial charge in [-0.1, -0.05) is 19.3 Å². The molecule has 3 rings (SSSR count). The van der Waals surface area contributed by atoms with Crippen LogP contribution in [-0.2, 0) is 11.2 Å². The van der Waals surface area contributed by atoms with Crippen molar-refractivity contribution in [1.29, 1.82) is 0 Å². The highest BCUT2D eigenvalue weighted by Gasteiger charge is 2.17. The number of aromatic nitrogens is 3. The number of nitrogens with one attached hydrogen (secondary N) is 2. The van der Waals surface area contributed by atoms with Crippen LogP contribution in [0.1, 0.15) is 49.8 Å². The summed E-state index contributed by atoms with van der Waals surface area (Å²) in [5.41, 5.74) is 1.82. The molecule has 6 heteroatoms. The van der Waals surface area contributed by atoms with E-state index in [1.54, 1.807) is 18.5 Å². The number of hydrogen-bond acceptors (Lipinski definition) is 4. The second kappa shape index (κ2) is 8.05. The molecule has 1 aliphatic carbocycles. The Labute approximate surface area is 147 Å². The van der Waals surface area contributed by atoms with Gasteiger partial charge in [0.25, 0.3) is 5.56 Å². The van der Waals surface area contributed by atoms with E-state index < -0.39 is 0 Å². The van der Waals surface area contributed by atoms with Gasteiger partial charge in [-0.3, -0.25) is 14.6 Å². The molecule has 1 aliphatic rings. The highest BCUT2D eigenvalue weighted by Crippen LogP contribution is 2.17. The fourth-order valence-electron chi connectivity index (χ4n) is 3.33. The molecule has 2 heterocycles. The topological polar surface area (TPSA) is 87.7 Å². The zero-order valence-electron chi connectivity index (χ0n) is 14.5. The summed E-state index contributed by atoms with van der Waals surface area (Å²) in [6.45, 7) is 1.81. The second-order valence-corrected chi connectivity index (χ2v) is 6.62. The minimum atomic E-state index is -0.184. The van der Waals surface area contributed by atoms with Gasteiger partial charge in [0.1, 0.15) is 5.82 Å². The van der Waals surface area contributed by atoms with E-state index in [1.807, 2.05) is 13.0 Å². The van der Waals surface area contributed by atoms with E-state index in [0.717, 1.165) is 18.4 Å². The normalized spacial score (nSPS) is 15.1. The van der Waals surface area contributed by atoms with Gasteiger partial charge in [0.15, 0.2) is 0 Å². The molecule has 2 N–H and O–H groups in total. The summed E-state index contributed by atoms with van der Waals surface area (Å²) in [5, 5.41) is 3.09. The van der Waals surface area contributed by atoms with Crippen molar-refractivity contribution in [3.05, 3.63) is 46.1 Å². The molecule has 6 nitrogen and oxygen atoms in total. The van der Waals surface area contributed by atoms with Crippen LogP contribution in [0.3, 0.4) is 0 Å². The lowest BCUT2D eigenvalue weighted by Crippen LogP contribution is -2.36. The first-order valence-electron chi connectivity index (χ1n) is 8.93. The van der Waals surface area contributed by atoms with Gasteiger partial charge >= 0.3 is 0 Å². The van der Waals surface area contributed by atoms with E-state index in [4.69, 9.17) is 0 Å². The molecule has 0 bridgehead atoms. The van der Waals surface area contributed by atoms with Crippen LogP contribution in [-0.4, -0.2) is 26.9 Å². The first-order valence-corrected chi connectivity index (χ1v) is 8.93. The lowest BCUT2D eigenvalue weighted by Gasteiger charge is -2.22. The van der Waals surface area contributed by atoms with Crippen LogP contribution in [0.15, 0.2) is 29.3 Å². The number of rotatable bonds is 5. The van der Waals surface area contributed by atoms with Gasteiger partial charge in [0, 0.05) is 41.7 Å². The Kier molecular flexibility index (Phi) is 5.58. The fourth-order valence-corrected chi connectivity index (χ4v) is 3.33. The minimum Gasteiger partial charge on any atom is -0.353 e. The van der Waals surface area contributed by atoms with Crippen LogP contribution < -0.4 is 10.9 Å². The molecule has 0 aliphatic heterocycles. The average Bonchev–Trinajstić information content (AvgIpc) is 2.62. The van der Waals surface area contributed by atoms with Crippen molar-refractivity contribution in [3.63, 3.8) is 0 Å². The van der Waals surface area contributed by atoms with Crippen LogP contribution in [0, 0.1) is 6.92 Å². The average molecular weight is 340 g/mol. The van der Waals surface area contributed by atoms with Crippen LogP contribution in [0.25, 0.3) is 11.4 Å². The zero-order valence-corrected chi connectivity index (χ0v) is 14.5.